The van der Waals surface area contributed by atoms with Gasteiger partial charge in [-0.05, 0) is 30.5 Å². The molecule has 1 atom stereocenters. The van der Waals surface area contributed by atoms with Crippen LogP contribution in [0.25, 0.3) is 10.9 Å². The molecule has 0 radical (unpaired) electrons. The van der Waals surface area contributed by atoms with E-state index in [-0.39, 0.29) is 38.5 Å². The number of benzene rings is 2. The number of rotatable bonds is 11. The number of nitrogens with two attached hydrogens (primary N) is 1. The molecule has 2 heterocycles. The lowest BCUT2D eigenvalue weighted by Crippen LogP contribution is -2.40. The summed E-state index contributed by atoms with van der Waals surface area (Å²) >= 11 is 0. The summed E-state index contributed by atoms with van der Waals surface area (Å²) in [7, 11) is 0. The first-order valence-electron chi connectivity index (χ1n) is 13.1. The molecule has 2 aromatic carbocycles. The van der Waals surface area contributed by atoms with Crippen LogP contribution in [0.2, 0.25) is 0 Å². The zero-order valence-electron chi connectivity index (χ0n) is 22.4. The lowest BCUT2D eigenvalue weighted by Gasteiger charge is -2.26. The molecule has 1 fully saturated rings. The maximum atomic E-state index is 11.9. The molecule has 0 saturated carbocycles. The molecule has 4 N–H and O–H groups in total. The summed E-state index contributed by atoms with van der Waals surface area (Å²) < 4.78 is 15.5. The Balaban J connectivity index is 0.000000346. The molecule has 1 aliphatic heterocycles. The number of aryl methyl sites for hydroxylation is 1. The van der Waals surface area contributed by atoms with Gasteiger partial charge in [-0.2, -0.15) is 0 Å². The van der Waals surface area contributed by atoms with E-state index < -0.39 is 18.0 Å². The average molecular weight is 539 g/mol. The summed E-state index contributed by atoms with van der Waals surface area (Å²) in [5.74, 6) is -1.44. The van der Waals surface area contributed by atoms with E-state index in [1.807, 2.05) is 42.6 Å². The monoisotopic (exact) mass is 538 g/mol. The number of hydrogen-bond acceptors (Lipinski definition) is 8. The van der Waals surface area contributed by atoms with Gasteiger partial charge in [0.25, 0.3) is 0 Å². The van der Waals surface area contributed by atoms with Gasteiger partial charge in [0.15, 0.2) is 0 Å². The van der Waals surface area contributed by atoms with Gasteiger partial charge in [0.2, 0.25) is 5.91 Å². The first-order chi connectivity index (χ1) is 18.9. The standard InChI is InChI=1S/C20H29N3O6.C9H9N/c21-17(20(26)28-13-10-23-8-11-27-12-9-23)6-7-18(24)22-14-19(25)29-15-16-4-2-1-3-5-16;1-7-6-10-9-5-3-2-4-8(7)9/h1-5,17H,6-15,21H2,(H,22,24);2-6,10H,1H3. The van der Waals surface area contributed by atoms with Gasteiger partial charge in [0.05, 0.1) is 13.2 Å². The van der Waals surface area contributed by atoms with Crippen LogP contribution in [0.3, 0.4) is 0 Å². The molecule has 1 saturated heterocycles. The van der Waals surface area contributed by atoms with E-state index in [1.54, 1.807) is 0 Å². The molecule has 1 aromatic heterocycles. The van der Waals surface area contributed by atoms with Crippen LogP contribution in [0.15, 0.2) is 60.8 Å². The molecular weight excluding hydrogens is 500 g/mol. The van der Waals surface area contributed by atoms with Crippen LogP contribution >= 0.6 is 0 Å². The highest BCUT2D eigenvalue weighted by atomic mass is 16.5. The Hall–Kier alpha value is -3.73. The largest absolute Gasteiger partial charge is 0.463 e. The number of morpholine rings is 1. The van der Waals surface area contributed by atoms with E-state index >= 15 is 0 Å². The molecule has 1 unspecified atom stereocenters. The lowest BCUT2D eigenvalue weighted by atomic mass is 10.1. The second kappa shape index (κ2) is 16.3. The van der Waals surface area contributed by atoms with Gasteiger partial charge < -0.3 is 30.2 Å². The fraction of sp³-hybridized carbons (Fsp3) is 0.414. The van der Waals surface area contributed by atoms with Crippen molar-refractivity contribution >= 4 is 28.7 Å². The van der Waals surface area contributed by atoms with E-state index in [1.165, 1.54) is 16.5 Å². The number of carbonyl (C=O) groups is 3. The van der Waals surface area contributed by atoms with Crippen LogP contribution in [0.1, 0.15) is 24.0 Å². The first kappa shape index (κ1) is 29.8. The molecule has 10 nitrogen and oxygen atoms in total. The van der Waals surface area contributed by atoms with Crippen LogP contribution in [-0.4, -0.2) is 79.8 Å². The van der Waals surface area contributed by atoms with Crippen LogP contribution in [0.4, 0.5) is 0 Å². The number of aromatic nitrogens is 1. The molecule has 4 rings (SSSR count). The average Bonchev–Trinajstić information content (AvgIpc) is 3.35. The van der Waals surface area contributed by atoms with Crippen molar-refractivity contribution in [2.24, 2.45) is 5.73 Å². The Kier molecular flexibility index (Phi) is 12.4. The van der Waals surface area contributed by atoms with Gasteiger partial charge in [0, 0.05) is 43.2 Å². The number of nitrogens with zero attached hydrogens (tertiary/aromatic N) is 1. The Morgan fingerprint density at radius 2 is 1.77 bits per heavy atom. The van der Waals surface area contributed by atoms with Crippen molar-refractivity contribution in [2.75, 3.05) is 46.0 Å². The fourth-order valence-corrected chi connectivity index (χ4v) is 3.88. The van der Waals surface area contributed by atoms with E-state index in [0.717, 1.165) is 18.7 Å². The molecule has 3 aromatic rings. The van der Waals surface area contributed by atoms with Gasteiger partial charge in [-0.1, -0.05) is 48.5 Å². The van der Waals surface area contributed by atoms with Crippen molar-refractivity contribution in [3.63, 3.8) is 0 Å². The van der Waals surface area contributed by atoms with Crippen LogP contribution in [-0.2, 0) is 35.2 Å². The van der Waals surface area contributed by atoms with E-state index in [9.17, 15) is 14.4 Å². The third-order valence-corrected chi connectivity index (χ3v) is 6.21. The number of esters is 2. The summed E-state index contributed by atoms with van der Waals surface area (Å²) in [5.41, 5.74) is 9.18. The number of amides is 1. The van der Waals surface area contributed by atoms with Gasteiger partial charge in [0.1, 0.15) is 25.8 Å². The summed E-state index contributed by atoms with van der Waals surface area (Å²) in [6.45, 7) is 5.92. The molecule has 1 aliphatic rings. The van der Waals surface area contributed by atoms with Crippen molar-refractivity contribution < 1.29 is 28.6 Å². The topological polar surface area (TPSA) is 136 Å². The molecule has 1 amide bonds. The minimum Gasteiger partial charge on any atom is -0.463 e. The Labute approximate surface area is 228 Å². The zero-order valence-corrected chi connectivity index (χ0v) is 22.4. The minimum atomic E-state index is -0.879. The molecule has 39 heavy (non-hydrogen) atoms. The Bertz CT molecular complexity index is 1180. The molecule has 210 valence electrons. The van der Waals surface area contributed by atoms with Crippen molar-refractivity contribution in [3.05, 3.63) is 71.9 Å². The van der Waals surface area contributed by atoms with Crippen LogP contribution in [0, 0.1) is 6.92 Å². The van der Waals surface area contributed by atoms with Gasteiger partial charge >= 0.3 is 11.9 Å². The molecule has 10 heteroatoms. The number of ether oxygens (including phenoxy) is 3. The molecule has 0 aliphatic carbocycles. The first-order valence-corrected chi connectivity index (χ1v) is 13.1. The van der Waals surface area contributed by atoms with Crippen molar-refractivity contribution in [2.45, 2.75) is 32.4 Å². The van der Waals surface area contributed by atoms with Crippen molar-refractivity contribution in [1.29, 1.82) is 0 Å². The summed E-state index contributed by atoms with van der Waals surface area (Å²) in [4.78, 5) is 40.7. The second-order valence-electron chi connectivity index (χ2n) is 9.21. The number of fused-ring (bicyclic) bond motifs is 1. The van der Waals surface area contributed by atoms with E-state index in [0.29, 0.717) is 19.8 Å². The van der Waals surface area contributed by atoms with Gasteiger partial charge in [-0.15, -0.1) is 0 Å². The lowest BCUT2D eigenvalue weighted by molar-refractivity contribution is -0.147. The number of nitrogens with one attached hydrogen (secondary N) is 2. The predicted octanol–water partition coefficient (Wildman–Crippen LogP) is 2.31. The highest BCUT2D eigenvalue weighted by Gasteiger charge is 2.18. The molecular formula is C29H38N4O6. The quantitative estimate of drug-likeness (QED) is 0.317. The zero-order chi connectivity index (χ0) is 27.9. The van der Waals surface area contributed by atoms with E-state index in [4.69, 9.17) is 19.9 Å². The Morgan fingerprint density at radius 3 is 2.51 bits per heavy atom. The second-order valence-corrected chi connectivity index (χ2v) is 9.21. The van der Waals surface area contributed by atoms with Crippen LogP contribution < -0.4 is 11.1 Å². The molecule has 0 spiro atoms. The van der Waals surface area contributed by atoms with Crippen molar-refractivity contribution in [3.8, 4) is 0 Å². The number of aromatic amines is 1. The number of hydrogen-bond donors (Lipinski definition) is 3. The smallest absolute Gasteiger partial charge is 0.325 e. The minimum absolute atomic E-state index is 0.0195. The summed E-state index contributed by atoms with van der Waals surface area (Å²) in [6, 6.07) is 16.7. The Morgan fingerprint density at radius 1 is 1.05 bits per heavy atom. The predicted molar refractivity (Wildman–Crippen MR) is 148 cm³/mol. The maximum absolute atomic E-state index is 11.9. The molecule has 0 bridgehead atoms. The van der Waals surface area contributed by atoms with Gasteiger partial charge in [-0.25, -0.2) is 0 Å². The SMILES string of the molecule is Cc1c[nH]c2ccccc12.NC(CCC(=O)NCC(=O)OCc1ccccc1)C(=O)OCCN1CCOCC1. The highest BCUT2D eigenvalue weighted by Crippen LogP contribution is 2.15. The summed E-state index contributed by atoms with van der Waals surface area (Å²) in [5, 5.41) is 3.78. The van der Waals surface area contributed by atoms with E-state index in [2.05, 4.69) is 40.3 Å². The van der Waals surface area contributed by atoms with Crippen molar-refractivity contribution in [1.82, 2.24) is 15.2 Å². The summed E-state index contributed by atoms with van der Waals surface area (Å²) in [6.07, 6.45) is 2.19. The van der Waals surface area contributed by atoms with Crippen LogP contribution in [0.5, 0.6) is 0 Å². The third kappa shape index (κ3) is 10.9. The normalized spacial score (nSPS) is 14.1. The highest BCUT2D eigenvalue weighted by molar-refractivity contribution is 5.83. The number of para-hydroxylation sites is 1. The third-order valence-electron chi connectivity index (χ3n) is 6.21. The fourth-order valence-electron chi connectivity index (χ4n) is 3.88. The maximum Gasteiger partial charge on any atom is 0.325 e. The number of H-pyrrole nitrogens is 1. The number of carbonyl (C=O) groups excluding carboxylic acids is 3. The van der Waals surface area contributed by atoms with Gasteiger partial charge in [-0.3, -0.25) is 19.3 Å².